The number of carboxylic acid groups (broad SMARTS) is 1. The third-order valence-electron chi connectivity index (χ3n) is 21.2. The summed E-state index contributed by atoms with van der Waals surface area (Å²) in [6.45, 7) is 15.5. The topological polar surface area (TPSA) is 354 Å². The van der Waals surface area contributed by atoms with Crippen LogP contribution in [0.4, 0.5) is 0 Å². The van der Waals surface area contributed by atoms with Gasteiger partial charge in [0.25, 0.3) is 0 Å². The molecule has 4 aliphatic heterocycles. The Morgan fingerprint density at radius 2 is 1.28 bits per heavy atom. The second kappa shape index (κ2) is 20.7. The van der Waals surface area contributed by atoms with Crippen LogP contribution in [-0.2, 0) is 42.7 Å². The first-order chi connectivity index (χ1) is 35.0. The molecule has 430 valence electrons. The van der Waals surface area contributed by atoms with Crippen LogP contribution in [0, 0.1) is 50.2 Å². The molecule has 22 heteroatoms. The summed E-state index contributed by atoms with van der Waals surface area (Å²) in [7, 11) is 0. The van der Waals surface area contributed by atoms with Gasteiger partial charge in [0.05, 0.1) is 38.1 Å². The number of rotatable bonds is 11. The van der Waals surface area contributed by atoms with Crippen LogP contribution in [0.15, 0.2) is 11.6 Å². The molecular formula is C53H86O22. The fraction of sp³-hybridized carbons (Fsp3) is 0.943. The van der Waals surface area contributed by atoms with Crippen LogP contribution in [0.5, 0.6) is 0 Å². The maximum atomic E-state index is 12.7. The minimum absolute atomic E-state index is 0.00990. The highest BCUT2D eigenvalue weighted by Gasteiger charge is 2.70. The molecule has 0 aromatic carbocycles. The Morgan fingerprint density at radius 3 is 1.95 bits per heavy atom. The zero-order valence-corrected chi connectivity index (χ0v) is 44.4. The molecule has 2 unspecified atom stereocenters. The molecular weight excluding hydrogens is 989 g/mol. The van der Waals surface area contributed by atoms with E-state index in [1.165, 1.54) is 12.5 Å². The third kappa shape index (κ3) is 9.40. The van der Waals surface area contributed by atoms with Gasteiger partial charge in [0.1, 0.15) is 79.4 Å². The van der Waals surface area contributed by atoms with Gasteiger partial charge in [0, 0.05) is 10.8 Å². The Hall–Kier alpha value is -1.59. The van der Waals surface area contributed by atoms with Crippen LogP contribution in [-0.4, -0.2) is 221 Å². The first-order valence-corrected chi connectivity index (χ1v) is 27.2. The molecule has 0 spiro atoms. The molecule has 5 aliphatic carbocycles. The highest BCUT2D eigenvalue weighted by molar-refractivity contribution is 5.73. The first kappa shape index (κ1) is 58.1. The smallest absolute Gasteiger partial charge is 0.335 e. The lowest BCUT2D eigenvalue weighted by Gasteiger charge is -2.72. The lowest BCUT2D eigenvalue weighted by molar-refractivity contribution is -0.408. The van der Waals surface area contributed by atoms with E-state index in [4.69, 9.17) is 37.9 Å². The van der Waals surface area contributed by atoms with Gasteiger partial charge >= 0.3 is 5.97 Å². The summed E-state index contributed by atoms with van der Waals surface area (Å²) in [4.78, 5) is 12.7. The summed E-state index contributed by atoms with van der Waals surface area (Å²) in [5, 5.41) is 143. The van der Waals surface area contributed by atoms with Gasteiger partial charge < -0.3 is 104 Å². The van der Waals surface area contributed by atoms with Crippen molar-refractivity contribution in [2.45, 2.75) is 242 Å². The van der Waals surface area contributed by atoms with Gasteiger partial charge in [-0.15, -0.1) is 0 Å². The van der Waals surface area contributed by atoms with Gasteiger partial charge in [0.2, 0.25) is 0 Å². The Bertz CT molecular complexity index is 2080. The molecule has 8 fully saturated rings. The average Bonchev–Trinajstić information content (AvgIpc) is 3.37. The highest BCUT2D eigenvalue weighted by atomic mass is 16.8. The SMILES string of the molecule is C[C@@H]1O[C@@H](O[C@H]2[C@H](O[C@H]3[C@H](O[C@H]4CC[C@@]5(C)C(CC[C@]6(C)C5CC=C5[C@@H]7CC(C)(C)C[C@@H](O)[C@]7(C)CC[C@]56C)[C@@]4(C)CO)O[C@H](C(=O)O)[C@@H](O)[C@@H]3O)O[C@H](CO)[C@H](O)[C@@H]2O[C@@H]2OC[C@H](O)[C@H](O)[C@H]2O)[C@H](O)[C@H](O)[C@H]1O. The number of carboxylic acids is 1. The fourth-order valence-corrected chi connectivity index (χ4v) is 16.3. The van der Waals surface area contributed by atoms with Gasteiger partial charge in [-0.3, -0.25) is 0 Å². The van der Waals surface area contributed by atoms with Crippen molar-refractivity contribution in [3.63, 3.8) is 0 Å². The second-order valence-corrected chi connectivity index (χ2v) is 26.0. The minimum Gasteiger partial charge on any atom is -0.479 e. The Balaban J connectivity index is 1.02. The Kier molecular flexibility index (Phi) is 16.1. The molecule has 9 rings (SSSR count). The lowest BCUT2D eigenvalue weighted by Crippen LogP contribution is -2.69. The third-order valence-corrected chi connectivity index (χ3v) is 21.2. The number of aliphatic hydroxyl groups excluding tert-OH is 12. The predicted octanol–water partition coefficient (Wildman–Crippen LogP) is -0.832. The van der Waals surface area contributed by atoms with E-state index in [9.17, 15) is 71.2 Å². The molecule has 13 N–H and O–H groups in total. The van der Waals surface area contributed by atoms with E-state index in [1.807, 2.05) is 6.92 Å². The van der Waals surface area contributed by atoms with Gasteiger partial charge in [-0.1, -0.05) is 60.1 Å². The first-order valence-electron chi connectivity index (χ1n) is 27.2. The van der Waals surface area contributed by atoms with Gasteiger partial charge in [-0.05, 0) is 104 Å². The Labute approximate surface area is 437 Å². The molecule has 0 aromatic heterocycles. The molecule has 29 atom stereocenters. The van der Waals surface area contributed by atoms with Gasteiger partial charge in [0.15, 0.2) is 31.3 Å². The summed E-state index contributed by atoms with van der Waals surface area (Å²) in [6, 6.07) is 0. The summed E-state index contributed by atoms with van der Waals surface area (Å²) in [6.07, 6.45) is -26.4. The molecule has 0 amide bonds. The number of aliphatic hydroxyl groups is 12. The number of carbonyl (C=O) groups is 1. The normalized spacial score (nSPS) is 55.9. The highest BCUT2D eigenvalue weighted by Crippen LogP contribution is 2.76. The molecule has 4 heterocycles. The van der Waals surface area contributed by atoms with Crippen LogP contribution in [0.3, 0.4) is 0 Å². The van der Waals surface area contributed by atoms with Crippen molar-refractivity contribution in [2.24, 2.45) is 50.2 Å². The minimum atomic E-state index is -2.15. The van der Waals surface area contributed by atoms with Crippen molar-refractivity contribution in [1.29, 1.82) is 0 Å². The van der Waals surface area contributed by atoms with E-state index in [0.29, 0.717) is 12.8 Å². The van der Waals surface area contributed by atoms with Crippen molar-refractivity contribution in [1.82, 2.24) is 0 Å². The van der Waals surface area contributed by atoms with E-state index in [-0.39, 0.29) is 51.4 Å². The second-order valence-electron chi connectivity index (χ2n) is 26.0. The van der Waals surface area contributed by atoms with E-state index < -0.39 is 154 Å². The summed E-state index contributed by atoms with van der Waals surface area (Å²) >= 11 is 0. The predicted molar refractivity (Wildman–Crippen MR) is 257 cm³/mol. The van der Waals surface area contributed by atoms with Gasteiger partial charge in [-0.2, -0.15) is 0 Å². The van der Waals surface area contributed by atoms with E-state index >= 15 is 0 Å². The average molecular weight is 1080 g/mol. The van der Waals surface area contributed by atoms with Crippen molar-refractivity contribution < 1.29 is 109 Å². The standard InChI is InChI=1S/C53H86O22/c1-22-31(58)34(61)38(65)45(69-22)75-42-39(72-44-37(64)32(59)25(56)20-68-44)33(60)26(19-54)70-47(42)74-41-36(63)35(62)40(43(66)67)73-46(41)71-30-12-13-50(5)27(51(30,6)21-55)11-14-53(8)28(50)10-9-23-24-17-48(2,3)18-29(57)49(24,4)15-16-52(23,53)7/h9,22,24-42,44-47,54-65H,10-21H2,1-8H3,(H,66,67)/t22-,24-,25-,26+,27?,28?,29+,30-,31-,32-,33-,34+,35-,36-,37+,38+,39-,40-,41+,42+,44-,45-,46+,47-,49+,50-,51+,52+,53+/m0/s1. The number of hydrogen-bond donors (Lipinski definition) is 13. The maximum absolute atomic E-state index is 12.7. The Morgan fingerprint density at radius 1 is 0.627 bits per heavy atom. The van der Waals surface area contributed by atoms with Crippen LogP contribution in [0.2, 0.25) is 0 Å². The molecule has 0 aromatic rings. The molecule has 22 nitrogen and oxygen atoms in total. The molecule has 0 radical (unpaired) electrons. The fourth-order valence-electron chi connectivity index (χ4n) is 16.3. The zero-order chi connectivity index (χ0) is 54.9. The molecule has 75 heavy (non-hydrogen) atoms. The van der Waals surface area contributed by atoms with E-state index in [2.05, 4.69) is 47.6 Å². The number of hydrogen-bond acceptors (Lipinski definition) is 21. The lowest BCUT2D eigenvalue weighted by atomic mass is 9.33. The van der Waals surface area contributed by atoms with Crippen molar-refractivity contribution in [3.05, 3.63) is 11.6 Å². The monoisotopic (exact) mass is 1070 g/mol. The van der Waals surface area contributed by atoms with Crippen LogP contribution >= 0.6 is 0 Å². The number of fused-ring (bicyclic) bond motifs is 7. The van der Waals surface area contributed by atoms with Crippen LogP contribution in [0.25, 0.3) is 0 Å². The summed E-state index contributed by atoms with van der Waals surface area (Å²) in [5.74, 6) is -1.33. The summed E-state index contributed by atoms with van der Waals surface area (Å²) < 4.78 is 48.7. The van der Waals surface area contributed by atoms with E-state index in [1.54, 1.807) is 0 Å². The molecule has 9 aliphatic rings. The van der Waals surface area contributed by atoms with Crippen LogP contribution < -0.4 is 0 Å². The summed E-state index contributed by atoms with van der Waals surface area (Å²) in [5.41, 5.74) is -0.335. The van der Waals surface area contributed by atoms with Crippen molar-refractivity contribution >= 4 is 5.97 Å². The molecule has 4 saturated heterocycles. The zero-order valence-electron chi connectivity index (χ0n) is 44.4. The van der Waals surface area contributed by atoms with Crippen molar-refractivity contribution in [3.8, 4) is 0 Å². The van der Waals surface area contributed by atoms with Gasteiger partial charge in [-0.25, -0.2) is 4.79 Å². The number of ether oxygens (including phenoxy) is 8. The maximum Gasteiger partial charge on any atom is 0.335 e. The van der Waals surface area contributed by atoms with E-state index in [0.717, 1.165) is 44.9 Å². The number of aliphatic carboxylic acids is 1. The van der Waals surface area contributed by atoms with Crippen molar-refractivity contribution in [2.75, 3.05) is 19.8 Å². The quantitative estimate of drug-likeness (QED) is 0.0887. The molecule has 0 bridgehead atoms. The largest absolute Gasteiger partial charge is 0.479 e. The molecule has 4 saturated carbocycles. The number of allylic oxidation sites excluding steroid dienone is 2. The van der Waals surface area contributed by atoms with Crippen LogP contribution in [0.1, 0.15) is 113 Å².